The quantitative estimate of drug-likeness (QED) is 0.461. The van der Waals surface area contributed by atoms with Gasteiger partial charge in [0.05, 0.1) is 0 Å². The molecule has 2 N–H and O–H groups in total. The van der Waals surface area contributed by atoms with Crippen molar-refractivity contribution in [3.63, 3.8) is 0 Å². The highest BCUT2D eigenvalue weighted by Crippen LogP contribution is 2.27. The molecule has 1 aromatic rings. The monoisotopic (exact) mass is 493 g/mol. The minimum atomic E-state index is -0.817. The predicted molar refractivity (Wildman–Crippen MR) is 140 cm³/mol. The van der Waals surface area contributed by atoms with Crippen LogP contribution in [0.5, 0.6) is 0 Å². The number of benzene rings is 1. The van der Waals surface area contributed by atoms with E-state index < -0.39 is 23.8 Å². The lowest BCUT2D eigenvalue weighted by Crippen LogP contribution is -2.56. The first-order valence-electron chi connectivity index (χ1n) is 12.0. The van der Waals surface area contributed by atoms with Crippen molar-refractivity contribution in [3.05, 3.63) is 35.4 Å². The van der Waals surface area contributed by atoms with Gasteiger partial charge in [0.2, 0.25) is 11.8 Å². The van der Waals surface area contributed by atoms with Gasteiger partial charge in [0.15, 0.2) is 0 Å². The van der Waals surface area contributed by atoms with Gasteiger partial charge in [-0.25, -0.2) is 4.79 Å². The lowest BCUT2D eigenvalue weighted by molar-refractivity contribution is -0.145. The predicted octanol–water partition coefficient (Wildman–Crippen LogP) is 4.83. The third-order valence-corrected chi connectivity index (χ3v) is 5.91. The lowest BCUT2D eigenvalue weighted by Gasteiger charge is -2.38. The van der Waals surface area contributed by atoms with Crippen LogP contribution in [0.3, 0.4) is 0 Å². The smallest absolute Gasteiger partial charge is 0.408 e. The number of thioether (sulfide) groups is 1. The molecule has 1 aromatic carbocycles. The second-order valence-corrected chi connectivity index (χ2v) is 10.9. The number of carbonyl (C=O) groups excluding carboxylic acids is 3. The van der Waals surface area contributed by atoms with Crippen LogP contribution in [0.25, 0.3) is 0 Å². The summed E-state index contributed by atoms with van der Waals surface area (Å²) >= 11 is 1.59. The summed E-state index contributed by atoms with van der Waals surface area (Å²) < 4.78 is 5.42. The molecule has 0 aliphatic rings. The fraction of sp³-hybridized carbons (Fsp3) is 0.654. The minimum Gasteiger partial charge on any atom is -0.444 e. The summed E-state index contributed by atoms with van der Waals surface area (Å²) in [5.74, 6) is 0.139. The number of ether oxygens (including phenoxy) is 1. The Morgan fingerprint density at radius 3 is 2.12 bits per heavy atom. The van der Waals surface area contributed by atoms with Crippen molar-refractivity contribution in [2.75, 3.05) is 12.0 Å². The zero-order valence-corrected chi connectivity index (χ0v) is 23.0. The molecule has 3 amide bonds. The van der Waals surface area contributed by atoms with Gasteiger partial charge >= 0.3 is 6.09 Å². The Bertz CT molecular complexity index is 805. The van der Waals surface area contributed by atoms with Crippen LogP contribution in [-0.4, -0.2) is 58.5 Å². The van der Waals surface area contributed by atoms with Crippen molar-refractivity contribution < 1.29 is 19.1 Å². The fourth-order valence-electron chi connectivity index (χ4n) is 3.47. The molecule has 34 heavy (non-hydrogen) atoms. The van der Waals surface area contributed by atoms with Crippen LogP contribution < -0.4 is 10.6 Å². The van der Waals surface area contributed by atoms with E-state index in [9.17, 15) is 14.4 Å². The van der Waals surface area contributed by atoms with Gasteiger partial charge in [0, 0.05) is 12.1 Å². The van der Waals surface area contributed by atoms with Crippen LogP contribution >= 0.6 is 11.8 Å². The summed E-state index contributed by atoms with van der Waals surface area (Å²) in [7, 11) is 0. The van der Waals surface area contributed by atoms with Gasteiger partial charge in [-0.15, -0.1) is 0 Å². The molecule has 0 radical (unpaired) electrons. The Morgan fingerprint density at radius 1 is 1.06 bits per heavy atom. The van der Waals surface area contributed by atoms with Crippen LogP contribution in [-0.2, 0) is 14.3 Å². The zero-order chi connectivity index (χ0) is 26.1. The highest BCUT2D eigenvalue weighted by atomic mass is 32.2. The van der Waals surface area contributed by atoms with Gasteiger partial charge in [-0.05, 0) is 78.9 Å². The molecule has 0 bridgehead atoms. The molecule has 0 heterocycles. The zero-order valence-electron chi connectivity index (χ0n) is 22.2. The number of alkyl carbamates (subject to hydrolysis) is 1. The van der Waals surface area contributed by atoms with E-state index in [2.05, 4.69) is 10.6 Å². The molecule has 0 aliphatic carbocycles. The Kier molecular flexibility index (Phi) is 11.9. The van der Waals surface area contributed by atoms with Crippen molar-refractivity contribution in [2.24, 2.45) is 0 Å². The standard InChI is InChI=1S/C26H43N3O4S/c1-10-19(5)29(22(23(30)27-17(2)3)20-13-11-18(4)12-14-20)24(31)21(15-16-34-9)28-25(32)33-26(6,7)8/h11-14,17,19,21-22H,10,15-16H2,1-9H3,(H,27,30)(H,28,32). The molecule has 192 valence electrons. The molecular weight excluding hydrogens is 450 g/mol. The number of aryl methyl sites for hydroxylation is 1. The van der Waals surface area contributed by atoms with Crippen molar-refractivity contribution in [1.82, 2.24) is 15.5 Å². The van der Waals surface area contributed by atoms with E-state index in [-0.39, 0.29) is 23.9 Å². The van der Waals surface area contributed by atoms with Crippen LogP contribution in [0.1, 0.15) is 78.5 Å². The molecule has 3 unspecified atom stereocenters. The number of hydrogen-bond donors (Lipinski definition) is 2. The molecule has 7 nitrogen and oxygen atoms in total. The Labute approximate surface area is 209 Å². The van der Waals surface area contributed by atoms with E-state index in [1.807, 2.05) is 65.1 Å². The number of nitrogens with zero attached hydrogens (tertiary/aromatic N) is 1. The Balaban J connectivity index is 3.46. The molecule has 8 heteroatoms. The second kappa shape index (κ2) is 13.6. The molecule has 3 atom stereocenters. The minimum absolute atomic E-state index is 0.0819. The first-order valence-corrected chi connectivity index (χ1v) is 13.4. The number of rotatable bonds is 11. The average Bonchev–Trinajstić information content (AvgIpc) is 2.72. The normalized spacial score (nSPS) is 14.2. The molecule has 0 aromatic heterocycles. The largest absolute Gasteiger partial charge is 0.444 e. The maximum atomic E-state index is 14.0. The van der Waals surface area contributed by atoms with Crippen LogP contribution in [0.4, 0.5) is 4.79 Å². The average molecular weight is 494 g/mol. The van der Waals surface area contributed by atoms with Gasteiger partial charge in [0.25, 0.3) is 0 Å². The van der Waals surface area contributed by atoms with Crippen molar-refractivity contribution in [1.29, 1.82) is 0 Å². The molecule has 0 fully saturated rings. The SMILES string of the molecule is CCC(C)N(C(=O)C(CCSC)NC(=O)OC(C)(C)C)C(C(=O)NC(C)C)c1ccc(C)cc1. The summed E-state index contributed by atoms with van der Waals surface area (Å²) in [6.07, 6.45) is 2.39. The summed E-state index contributed by atoms with van der Waals surface area (Å²) in [6.45, 7) is 15.0. The summed E-state index contributed by atoms with van der Waals surface area (Å²) in [6, 6.07) is 5.72. The number of hydrogen-bond acceptors (Lipinski definition) is 5. The summed E-state index contributed by atoms with van der Waals surface area (Å²) in [5.41, 5.74) is 1.12. The maximum absolute atomic E-state index is 14.0. The first-order chi connectivity index (χ1) is 15.8. The summed E-state index contributed by atoms with van der Waals surface area (Å²) in [5, 5.41) is 5.74. The van der Waals surface area contributed by atoms with Gasteiger partial charge < -0.3 is 20.3 Å². The van der Waals surface area contributed by atoms with Crippen molar-refractivity contribution in [2.45, 2.75) is 98.0 Å². The van der Waals surface area contributed by atoms with Crippen LogP contribution in [0.2, 0.25) is 0 Å². The van der Waals surface area contributed by atoms with Gasteiger partial charge in [-0.3, -0.25) is 9.59 Å². The fourth-order valence-corrected chi connectivity index (χ4v) is 3.94. The van der Waals surface area contributed by atoms with E-state index in [1.54, 1.807) is 37.4 Å². The Morgan fingerprint density at radius 2 is 1.65 bits per heavy atom. The molecule has 1 rings (SSSR count). The third kappa shape index (κ3) is 9.57. The summed E-state index contributed by atoms with van der Waals surface area (Å²) in [4.78, 5) is 41.6. The third-order valence-electron chi connectivity index (χ3n) is 5.27. The number of amides is 3. The maximum Gasteiger partial charge on any atom is 0.408 e. The van der Waals surface area contributed by atoms with Crippen LogP contribution in [0.15, 0.2) is 24.3 Å². The van der Waals surface area contributed by atoms with E-state index in [0.29, 0.717) is 18.6 Å². The van der Waals surface area contributed by atoms with E-state index in [0.717, 1.165) is 11.1 Å². The molecular formula is C26H43N3O4S. The van der Waals surface area contributed by atoms with Crippen LogP contribution in [0, 0.1) is 6.92 Å². The van der Waals surface area contributed by atoms with Gasteiger partial charge in [-0.2, -0.15) is 11.8 Å². The second-order valence-electron chi connectivity index (χ2n) is 9.96. The number of nitrogens with one attached hydrogen (secondary N) is 2. The highest BCUT2D eigenvalue weighted by Gasteiger charge is 2.38. The van der Waals surface area contributed by atoms with E-state index in [4.69, 9.17) is 4.74 Å². The molecule has 0 saturated heterocycles. The van der Waals surface area contributed by atoms with Gasteiger partial charge in [-0.1, -0.05) is 36.8 Å². The molecule has 0 spiro atoms. The molecule has 0 aliphatic heterocycles. The van der Waals surface area contributed by atoms with Crippen molar-refractivity contribution >= 4 is 29.7 Å². The van der Waals surface area contributed by atoms with Gasteiger partial charge in [0.1, 0.15) is 17.7 Å². The van der Waals surface area contributed by atoms with E-state index >= 15 is 0 Å². The number of carbonyl (C=O) groups is 3. The first kappa shape index (κ1) is 29.8. The highest BCUT2D eigenvalue weighted by molar-refractivity contribution is 7.98. The Hall–Kier alpha value is -2.22. The van der Waals surface area contributed by atoms with Crippen molar-refractivity contribution in [3.8, 4) is 0 Å². The molecule has 0 saturated carbocycles. The van der Waals surface area contributed by atoms with E-state index in [1.165, 1.54) is 0 Å². The lowest BCUT2D eigenvalue weighted by atomic mass is 9.98. The topological polar surface area (TPSA) is 87.7 Å².